The zero-order valence-electron chi connectivity index (χ0n) is 12.9. The van der Waals surface area contributed by atoms with Crippen molar-refractivity contribution in [3.63, 3.8) is 0 Å². The van der Waals surface area contributed by atoms with Crippen molar-refractivity contribution in [1.29, 1.82) is 0 Å². The standard InChI is InChI=1S/C18H26N2O/c1-20(17-9-5-4-8-16(17)19)18(21)15-11-10-13-6-2-3-7-14(13)12-15/h2-3,6-7,15-17H,4-5,8-12,19H2,1H3. The lowest BCUT2D eigenvalue weighted by atomic mass is 9.82. The van der Waals surface area contributed by atoms with Crippen LogP contribution in [0.1, 0.15) is 43.2 Å². The Morgan fingerprint density at radius 2 is 1.86 bits per heavy atom. The highest BCUT2D eigenvalue weighted by Gasteiger charge is 2.33. The molecule has 0 saturated heterocycles. The Kier molecular flexibility index (Phi) is 4.29. The number of benzene rings is 1. The average Bonchev–Trinajstić information content (AvgIpc) is 2.53. The molecule has 2 aliphatic carbocycles. The van der Waals surface area contributed by atoms with Crippen LogP contribution in [-0.4, -0.2) is 29.9 Å². The third-order valence-electron chi connectivity index (χ3n) is 5.32. The predicted octanol–water partition coefficient (Wildman–Crippen LogP) is 2.52. The van der Waals surface area contributed by atoms with E-state index in [1.807, 2.05) is 11.9 Å². The molecule has 1 aromatic carbocycles. The van der Waals surface area contributed by atoms with E-state index in [0.717, 1.165) is 32.1 Å². The Morgan fingerprint density at radius 1 is 1.14 bits per heavy atom. The van der Waals surface area contributed by atoms with Crippen LogP contribution in [0.4, 0.5) is 0 Å². The number of hydrogen-bond donors (Lipinski definition) is 1. The van der Waals surface area contributed by atoms with Gasteiger partial charge in [0.2, 0.25) is 5.91 Å². The van der Waals surface area contributed by atoms with E-state index in [0.29, 0.717) is 5.91 Å². The first-order valence-electron chi connectivity index (χ1n) is 8.26. The van der Waals surface area contributed by atoms with Crippen LogP contribution in [0.25, 0.3) is 0 Å². The molecule has 3 heteroatoms. The average molecular weight is 286 g/mol. The summed E-state index contributed by atoms with van der Waals surface area (Å²) in [7, 11) is 1.96. The molecule has 0 aliphatic heterocycles. The molecule has 0 aromatic heterocycles. The molecule has 3 unspecified atom stereocenters. The largest absolute Gasteiger partial charge is 0.341 e. The van der Waals surface area contributed by atoms with Gasteiger partial charge in [0.1, 0.15) is 0 Å². The van der Waals surface area contributed by atoms with Gasteiger partial charge in [-0.05, 0) is 43.2 Å². The monoisotopic (exact) mass is 286 g/mol. The molecule has 3 rings (SSSR count). The van der Waals surface area contributed by atoms with Gasteiger partial charge in [0.05, 0.1) is 0 Å². The summed E-state index contributed by atoms with van der Waals surface area (Å²) < 4.78 is 0. The quantitative estimate of drug-likeness (QED) is 0.908. The number of nitrogens with zero attached hydrogens (tertiary/aromatic N) is 1. The van der Waals surface area contributed by atoms with E-state index in [9.17, 15) is 4.79 Å². The highest BCUT2D eigenvalue weighted by Crippen LogP contribution is 2.29. The van der Waals surface area contributed by atoms with E-state index in [2.05, 4.69) is 24.3 Å². The summed E-state index contributed by atoms with van der Waals surface area (Å²) in [4.78, 5) is 14.8. The van der Waals surface area contributed by atoms with Crippen molar-refractivity contribution in [2.45, 2.75) is 57.0 Å². The number of amides is 1. The van der Waals surface area contributed by atoms with E-state index in [1.165, 1.54) is 24.0 Å². The highest BCUT2D eigenvalue weighted by molar-refractivity contribution is 5.79. The maximum Gasteiger partial charge on any atom is 0.226 e. The van der Waals surface area contributed by atoms with Crippen LogP contribution in [0.5, 0.6) is 0 Å². The van der Waals surface area contributed by atoms with Gasteiger partial charge in [0, 0.05) is 25.0 Å². The van der Waals surface area contributed by atoms with Gasteiger partial charge < -0.3 is 10.6 Å². The van der Waals surface area contributed by atoms with Gasteiger partial charge in [0.15, 0.2) is 0 Å². The molecule has 0 bridgehead atoms. The van der Waals surface area contributed by atoms with Crippen molar-refractivity contribution in [2.24, 2.45) is 11.7 Å². The van der Waals surface area contributed by atoms with E-state index in [-0.39, 0.29) is 18.0 Å². The van der Waals surface area contributed by atoms with Gasteiger partial charge in [-0.3, -0.25) is 4.79 Å². The maximum atomic E-state index is 12.8. The second-order valence-electron chi connectivity index (χ2n) is 6.67. The number of nitrogens with two attached hydrogens (primary N) is 1. The zero-order chi connectivity index (χ0) is 14.8. The first-order chi connectivity index (χ1) is 10.2. The summed E-state index contributed by atoms with van der Waals surface area (Å²) in [5, 5.41) is 0. The van der Waals surface area contributed by atoms with Crippen LogP contribution in [0.15, 0.2) is 24.3 Å². The minimum absolute atomic E-state index is 0.138. The lowest BCUT2D eigenvalue weighted by Gasteiger charge is -2.38. The van der Waals surface area contributed by atoms with Gasteiger partial charge in [0.25, 0.3) is 0 Å². The fraction of sp³-hybridized carbons (Fsp3) is 0.611. The van der Waals surface area contributed by atoms with Crippen molar-refractivity contribution < 1.29 is 4.79 Å². The summed E-state index contributed by atoms with van der Waals surface area (Å²) in [5.41, 5.74) is 9.00. The van der Waals surface area contributed by atoms with Crippen molar-refractivity contribution in [1.82, 2.24) is 4.90 Å². The molecule has 0 spiro atoms. The van der Waals surface area contributed by atoms with E-state index >= 15 is 0 Å². The minimum atomic E-state index is 0.138. The molecule has 21 heavy (non-hydrogen) atoms. The number of likely N-dealkylation sites (N-methyl/N-ethyl adjacent to an activating group) is 1. The second-order valence-corrected chi connectivity index (χ2v) is 6.67. The fourth-order valence-electron chi connectivity index (χ4n) is 3.98. The number of aryl methyl sites for hydroxylation is 1. The molecular formula is C18H26N2O. The lowest BCUT2D eigenvalue weighted by Crippen LogP contribution is -2.52. The Morgan fingerprint density at radius 3 is 2.62 bits per heavy atom. The smallest absolute Gasteiger partial charge is 0.226 e. The molecule has 3 nitrogen and oxygen atoms in total. The van der Waals surface area contributed by atoms with Gasteiger partial charge in [-0.25, -0.2) is 0 Å². The summed E-state index contributed by atoms with van der Waals surface area (Å²) in [6, 6.07) is 8.92. The summed E-state index contributed by atoms with van der Waals surface area (Å²) in [5.74, 6) is 0.436. The molecular weight excluding hydrogens is 260 g/mol. The second kappa shape index (κ2) is 6.18. The minimum Gasteiger partial charge on any atom is -0.341 e. The third kappa shape index (κ3) is 2.98. The first-order valence-corrected chi connectivity index (χ1v) is 8.26. The van der Waals surface area contributed by atoms with E-state index < -0.39 is 0 Å². The van der Waals surface area contributed by atoms with Crippen molar-refractivity contribution in [2.75, 3.05) is 7.05 Å². The van der Waals surface area contributed by atoms with Gasteiger partial charge in [-0.15, -0.1) is 0 Å². The molecule has 2 N–H and O–H groups in total. The van der Waals surface area contributed by atoms with Crippen LogP contribution in [0, 0.1) is 5.92 Å². The lowest BCUT2D eigenvalue weighted by molar-refractivity contribution is -0.137. The molecule has 0 heterocycles. The molecule has 114 valence electrons. The molecule has 1 fully saturated rings. The Labute approximate surface area is 127 Å². The van der Waals surface area contributed by atoms with Crippen molar-refractivity contribution in [3.05, 3.63) is 35.4 Å². The first kappa shape index (κ1) is 14.6. The summed E-state index contributed by atoms with van der Waals surface area (Å²) in [6.07, 6.45) is 7.41. The molecule has 1 aromatic rings. The predicted molar refractivity (Wildman–Crippen MR) is 85.0 cm³/mol. The molecule has 2 aliphatic rings. The van der Waals surface area contributed by atoms with Crippen LogP contribution >= 0.6 is 0 Å². The Hall–Kier alpha value is -1.35. The normalized spacial score (nSPS) is 28.8. The van der Waals surface area contributed by atoms with E-state index in [4.69, 9.17) is 5.73 Å². The highest BCUT2D eigenvalue weighted by atomic mass is 16.2. The van der Waals surface area contributed by atoms with Crippen LogP contribution in [-0.2, 0) is 17.6 Å². The van der Waals surface area contributed by atoms with Gasteiger partial charge in [-0.1, -0.05) is 37.1 Å². The Bertz CT molecular complexity index is 514. The summed E-state index contributed by atoms with van der Waals surface area (Å²) in [6.45, 7) is 0. The van der Waals surface area contributed by atoms with Crippen LogP contribution in [0.3, 0.4) is 0 Å². The maximum absolute atomic E-state index is 12.8. The fourth-order valence-corrected chi connectivity index (χ4v) is 3.98. The van der Waals surface area contributed by atoms with Crippen molar-refractivity contribution >= 4 is 5.91 Å². The molecule has 3 atom stereocenters. The zero-order valence-corrected chi connectivity index (χ0v) is 12.9. The Balaban J connectivity index is 1.68. The van der Waals surface area contributed by atoms with E-state index in [1.54, 1.807) is 0 Å². The third-order valence-corrected chi connectivity index (χ3v) is 5.32. The number of fused-ring (bicyclic) bond motifs is 1. The topological polar surface area (TPSA) is 46.3 Å². The SMILES string of the molecule is CN(C(=O)C1CCc2ccccc2C1)C1CCCCC1N. The molecule has 0 radical (unpaired) electrons. The van der Waals surface area contributed by atoms with Crippen molar-refractivity contribution in [3.8, 4) is 0 Å². The molecule has 1 saturated carbocycles. The van der Waals surface area contributed by atoms with Crippen LogP contribution < -0.4 is 5.73 Å². The van der Waals surface area contributed by atoms with Gasteiger partial charge >= 0.3 is 0 Å². The van der Waals surface area contributed by atoms with Gasteiger partial charge in [-0.2, -0.15) is 0 Å². The van der Waals surface area contributed by atoms with Crippen LogP contribution in [0.2, 0.25) is 0 Å². The number of carbonyl (C=O) groups is 1. The molecule has 1 amide bonds. The number of carbonyl (C=O) groups excluding carboxylic acids is 1. The number of hydrogen-bond acceptors (Lipinski definition) is 2. The number of rotatable bonds is 2. The summed E-state index contributed by atoms with van der Waals surface area (Å²) >= 11 is 0.